The van der Waals surface area contributed by atoms with Crippen LogP contribution in [0.15, 0.2) is 100 Å². The monoisotopic (exact) mass is 529 g/mol. The summed E-state index contributed by atoms with van der Waals surface area (Å²) >= 11 is 4.44. The second-order valence-corrected chi connectivity index (χ2v) is 9.70. The highest BCUT2D eigenvalue weighted by Crippen LogP contribution is 2.34. The van der Waals surface area contributed by atoms with E-state index in [4.69, 9.17) is 4.74 Å². The molecule has 0 aromatic heterocycles. The third-order valence-corrected chi connectivity index (χ3v) is 7.29. The SMILES string of the molecule is O=C1S/C(=C/c2ccc(OCc3cccc4ccccc34)cc2)C(=O)N1Cc1ccccc1Br. The van der Waals surface area contributed by atoms with Gasteiger partial charge in [0.25, 0.3) is 11.1 Å². The van der Waals surface area contributed by atoms with E-state index in [0.717, 1.165) is 38.7 Å². The van der Waals surface area contributed by atoms with Crippen LogP contribution in [0.3, 0.4) is 0 Å². The molecule has 0 bridgehead atoms. The molecule has 1 aliphatic rings. The largest absolute Gasteiger partial charge is 0.489 e. The summed E-state index contributed by atoms with van der Waals surface area (Å²) in [6.45, 7) is 0.707. The van der Waals surface area contributed by atoms with Gasteiger partial charge in [-0.15, -0.1) is 0 Å². The number of amides is 2. The van der Waals surface area contributed by atoms with Gasteiger partial charge in [0, 0.05) is 4.47 Å². The van der Waals surface area contributed by atoms with Crippen molar-refractivity contribution in [2.75, 3.05) is 0 Å². The van der Waals surface area contributed by atoms with Crippen LogP contribution in [0.1, 0.15) is 16.7 Å². The van der Waals surface area contributed by atoms with Crippen LogP contribution in [0.4, 0.5) is 4.79 Å². The molecule has 4 aromatic rings. The van der Waals surface area contributed by atoms with Gasteiger partial charge in [-0.1, -0.05) is 88.7 Å². The Morgan fingerprint density at radius 2 is 1.53 bits per heavy atom. The van der Waals surface area contributed by atoms with Crippen molar-refractivity contribution < 1.29 is 14.3 Å². The Hall–Kier alpha value is -3.35. The molecule has 0 atom stereocenters. The molecular formula is C28H20BrNO3S. The number of hydrogen-bond donors (Lipinski definition) is 0. The Morgan fingerprint density at radius 1 is 0.824 bits per heavy atom. The molecule has 168 valence electrons. The fourth-order valence-electron chi connectivity index (χ4n) is 3.82. The maximum atomic E-state index is 12.8. The Bertz CT molecular complexity index is 1410. The molecule has 1 heterocycles. The molecule has 0 saturated carbocycles. The molecule has 34 heavy (non-hydrogen) atoms. The van der Waals surface area contributed by atoms with E-state index in [1.165, 1.54) is 15.7 Å². The lowest BCUT2D eigenvalue weighted by Gasteiger charge is -2.13. The quantitative estimate of drug-likeness (QED) is 0.244. The first-order valence-corrected chi connectivity index (χ1v) is 12.4. The van der Waals surface area contributed by atoms with Crippen molar-refractivity contribution in [1.29, 1.82) is 0 Å². The standard InChI is InChI=1S/C28H20BrNO3S/c29-25-11-4-2-7-21(25)17-30-27(31)26(34-28(30)32)16-19-12-14-23(15-13-19)33-18-22-9-5-8-20-6-1-3-10-24(20)22/h1-16H,17-18H2/b26-16+. The predicted octanol–water partition coefficient (Wildman–Crippen LogP) is 7.42. The molecule has 1 saturated heterocycles. The van der Waals surface area contributed by atoms with Crippen LogP contribution in [-0.4, -0.2) is 16.0 Å². The fraction of sp³-hybridized carbons (Fsp3) is 0.0714. The second-order valence-electron chi connectivity index (χ2n) is 7.86. The molecule has 4 aromatic carbocycles. The molecule has 1 fully saturated rings. The van der Waals surface area contributed by atoms with Gasteiger partial charge in [-0.2, -0.15) is 0 Å². The molecule has 5 rings (SSSR count). The van der Waals surface area contributed by atoms with E-state index in [2.05, 4.69) is 40.2 Å². The van der Waals surface area contributed by atoms with Crippen molar-refractivity contribution >= 4 is 55.7 Å². The number of fused-ring (bicyclic) bond motifs is 1. The van der Waals surface area contributed by atoms with Crippen LogP contribution in [-0.2, 0) is 17.9 Å². The van der Waals surface area contributed by atoms with Crippen molar-refractivity contribution in [2.45, 2.75) is 13.2 Å². The number of carbonyl (C=O) groups excluding carboxylic acids is 2. The molecule has 0 spiro atoms. The van der Waals surface area contributed by atoms with E-state index in [1.807, 2.05) is 66.7 Å². The molecule has 4 nitrogen and oxygen atoms in total. The highest BCUT2D eigenvalue weighted by atomic mass is 79.9. The molecule has 0 N–H and O–H groups in total. The minimum Gasteiger partial charge on any atom is -0.489 e. The molecule has 0 aliphatic carbocycles. The number of ether oxygens (including phenoxy) is 1. The maximum Gasteiger partial charge on any atom is 0.293 e. The molecule has 0 unspecified atom stereocenters. The lowest BCUT2D eigenvalue weighted by molar-refractivity contribution is -0.123. The Balaban J connectivity index is 1.26. The summed E-state index contributed by atoms with van der Waals surface area (Å²) in [4.78, 5) is 27.0. The number of halogens is 1. The smallest absolute Gasteiger partial charge is 0.293 e. The van der Waals surface area contributed by atoms with E-state index in [0.29, 0.717) is 11.5 Å². The van der Waals surface area contributed by atoms with Crippen LogP contribution in [0.25, 0.3) is 16.8 Å². The van der Waals surface area contributed by atoms with E-state index in [1.54, 1.807) is 6.08 Å². The summed E-state index contributed by atoms with van der Waals surface area (Å²) in [7, 11) is 0. The number of carbonyl (C=O) groups is 2. The first-order valence-electron chi connectivity index (χ1n) is 10.8. The zero-order valence-electron chi connectivity index (χ0n) is 18.1. The lowest BCUT2D eigenvalue weighted by Crippen LogP contribution is -2.27. The second kappa shape index (κ2) is 9.87. The first kappa shape index (κ1) is 22.4. The average molecular weight is 530 g/mol. The Labute approximate surface area is 210 Å². The summed E-state index contributed by atoms with van der Waals surface area (Å²) in [5, 5.41) is 2.11. The average Bonchev–Trinajstić information content (AvgIpc) is 3.12. The third kappa shape index (κ3) is 4.79. The highest BCUT2D eigenvalue weighted by Gasteiger charge is 2.35. The topological polar surface area (TPSA) is 46.6 Å². The molecular weight excluding hydrogens is 510 g/mol. The minimum atomic E-state index is -0.276. The van der Waals surface area contributed by atoms with E-state index < -0.39 is 0 Å². The molecule has 0 radical (unpaired) electrons. The highest BCUT2D eigenvalue weighted by molar-refractivity contribution is 9.10. The van der Waals surface area contributed by atoms with Crippen molar-refractivity contribution in [3.8, 4) is 5.75 Å². The van der Waals surface area contributed by atoms with E-state index >= 15 is 0 Å². The Morgan fingerprint density at radius 3 is 2.35 bits per heavy atom. The minimum absolute atomic E-state index is 0.240. The molecule has 1 aliphatic heterocycles. The predicted molar refractivity (Wildman–Crippen MR) is 140 cm³/mol. The van der Waals surface area contributed by atoms with Crippen LogP contribution in [0, 0.1) is 0 Å². The Kier molecular flexibility index (Phi) is 6.52. The van der Waals surface area contributed by atoms with Gasteiger partial charge in [0.1, 0.15) is 12.4 Å². The zero-order chi connectivity index (χ0) is 23.5. The maximum absolute atomic E-state index is 12.8. The van der Waals surface area contributed by atoms with E-state index in [-0.39, 0.29) is 17.7 Å². The van der Waals surface area contributed by atoms with Gasteiger partial charge in [-0.25, -0.2) is 0 Å². The van der Waals surface area contributed by atoms with Crippen molar-refractivity contribution in [1.82, 2.24) is 4.90 Å². The molecule has 2 amide bonds. The zero-order valence-corrected chi connectivity index (χ0v) is 20.5. The number of rotatable bonds is 6. The first-order chi connectivity index (χ1) is 16.6. The summed E-state index contributed by atoms with van der Waals surface area (Å²) in [5.41, 5.74) is 2.85. The van der Waals surface area contributed by atoms with Gasteiger partial charge in [0.2, 0.25) is 0 Å². The lowest BCUT2D eigenvalue weighted by atomic mass is 10.1. The van der Waals surface area contributed by atoms with Gasteiger partial charge in [0.05, 0.1) is 11.4 Å². The summed E-state index contributed by atoms with van der Waals surface area (Å²) in [6, 6.07) is 29.6. The third-order valence-electron chi connectivity index (χ3n) is 5.61. The molecule has 6 heteroatoms. The van der Waals surface area contributed by atoms with Crippen LogP contribution < -0.4 is 4.74 Å². The van der Waals surface area contributed by atoms with Gasteiger partial charge in [-0.05, 0) is 63.5 Å². The number of imide groups is 1. The number of thioether (sulfide) groups is 1. The van der Waals surface area contributed by atoms with Crippen molar-refractivity contribution in [3.05, 3.63) is 117 Å². The van der Waals surface area contributed by atoms with Crippen LogP contribution in [0.5, 0.6) is 5.75 Å². The van der Waals surface area contributed by atoms with Gasteiger partial charge < -0.3 is 4.74 Å². The van der Waals surface area contributed by atoms with Crippen LogP contribution in [0.2, 0.25) is 0 Å². The number of nitrogens with zero attached hydrogens (tertiary/aromatic N) is 1. The summed E-state index contributed by atoms with van der Waals surface area (Å²) in [5.74, 6) is 0.467. The van der Waals surface area contributed by atoms with Gasteiger partial charge >= 0.3 is 0 Å². The summed E-state index contributed by atoms with van der Waals surface area (Å²) in [6.07, 6.45) is 1.75. The number of hydrogen-bond acceptors (Lipinski definition) is 4. The normalized spacial score (nSPS) is 14.9. The van der Waals surface area contributed by atoms with Gasteiger partial charge in [0.15, 0.2) is 0 Å². The van der Waals surface area contributed by atoms with Gasteiger partial charge in [-0.3, -0.25) is 14.5 Å². The number of benzene rings is 4. The summed E-state index contributed by atoms with van der Waals surface area (Å²) < 4.78 is 6.87. The van der Waals surface area contributed by atoms with Crippen LogP contribution >= 0.6 is 27.7 Å². The van der Waals surface area contributed by atoms with Crippen molar-refractivity contribution in [3.63, 3.8) is 0 Å². The van der Waals surface area contributed by atoms with Crippen molar-refractivity contribution in [2.24, 2.45) is 0 Å². The van der Waals surface area contributed by atoms with E-state index in [9.17, 15) is 9.59 Å². The fourth-order valence-corrected chi connectivity index (χ4v) is 5.07.